The van der Waals surface area contributed by atoms with E-state index in [0.29, 0.717) is 11.3 Å². The summed E-state index contributed by atoms with van der Waals surface area (Å²) in [5.41, 5.74) is 0.550. The van der Waals surface area contributed by atoms with Crippen LogP contribution in [-0.4, -0.2) is 35.8 Å². The zero-order valence-corrected chi connectivity index (χ0v) is 15.0. The summed E-state index contributed by atoms with van der Waals surface area (Å²) in [5.74, 6) is -4.06. The number of nitrogens with one attached hydrogen (secondary N) is 2. The number of phenols is 1. The Morgan fingerprint density at radius 2 is 1.64 bits per heavy atom. The number of ketones is 1. The molecule has 1 heterocycles. The number of hydrogen-bond acceptors (Lipinski definition) is 6. The Bertz CT molecular complexity index is 935. The average molecular weight is 382 g/mol. The van der Waals surface area contributed by atoms with Crippen LogP contribution >= 0.6 is 0 Å². The number of hydrogen-bond donors (Lipinski definition) is 3. The zero-order chi connectivity index (χ0) is 20.3. The molecule has 1 aliphatic heterocycles. The predicted molar refractivity (Wildman–Crippen MR) is 98.0 cm³/mol. The van der Waals surface area contributed by atoms with Gasteiger partial charge < -0.3 is 9.84 Å². The van der Waals surface area contributed by atoms with Gasteiger partial charge in [-0.3, -0.25) is 25.0 Å². The number of carbonyl (C=O) groups is 4. The predicted octanol–water partition coefficient (Wildman–Crippen LogP) is 1.74. The molecule has 8 heteroatoms. The third-order valence-electron chi connectivity index (χ3n) is 4.59. The topological polar surface area (TPSA) is 122 Å². The quantitative estimate of drug-likeness (QED) is 0.517. The minimum Gasteiger partial charge on any atom is -0.507 e. The number of benzene rings is 2. The van der Waals surface area contributed by atoms with E-state index >= 15 is 0 Å². The van der Waals surface area contributed by atoms with Crippen LogP contribution in [0.15, 0.2) is 48.5 Å². The van der Waals surface area contributed by atoms with Crippen molar-refractivity contribution in [3.63, 3.8) is 0 Å². The molecule has 3 rings (SSSR count). The van der Waals surface area contributed by atoms with Crippen molar-refractivity contribution in [2.75, 3.05) is 7.11 Å². The van der Waals surface area contributed by atoms with Gasteiger partial charge in [0.05, 0.1) is 12.7 Å². The Balaban J connectivity index is 2.03. The van der Waals surface area contributed by atoms with Crippen LogP contribution in [0, 0.1) is 5.92 Å². The van der Waals surface area contributed by atoms with Crippen molar-refractivity contribution in [2.45, 2.75) is 12.3 Å². The number of Topliss-reactive ketones (excluding diaryl/α,β-unsaturated/α-hetero) is 1. The van der Waals surface area contributed by atoms with E-state index in [1.807, 2.05) is 0 Å². The number of phenolic OH excluding ortho intramolecular Hbond substituents is 1. The van der Waals surface area contributed by atoms with Crippen LogP contribution < -0.4 is 15.4 Å². The third kappa shape index (κ3) is 3.71. The highest BCUT2D eigenvalue weighted by molar-refractivity contribution is 6.17. The summed E-state index contributed by atoms with van der Waals surface area (Å²) in [6, 6.07) is 11.8. The number of barbiturate groups is 1. The monoisotopic (exact) mass is 382 g/mol. The van der Waals surface area contributed by atoms with Gasteiger partial charge in [-0.1, -0.05) is 30.3 Å². The summed E-state index contributed by atoms with van der Waals surface area (Å²) in [6.45, 7) is 0. The van der Waals surface area contributed by atoms with Gasteiger partial charge in [-0.15, -0.1) is 0 Å². The Hall–Kier alpha value is -3.68. The molecule has 1 fully saturated rings. The second kappa shape index (κ2) is 7.91. The Morgan fingerprint density at radius 1 is 1.04 bits per heavy atom. The first-order valence-electron chi connectivity index (χ1n) is 8.52. The maximum Gasteiger partial charge on any atom is 0.328 e. The number of methoxy groups -OCH3 is 1. The number of imide groups is 2. The fraction of sp³-hybridized carbons (Fsp3) is 0.200. The van der Waals surface area contributed by atoms with Gasteiger partial charge in [0.2, 0.25) is 11.8 Å². The number of aromatic hydroxyl groups is 1. The third-order valence-corrected chi connectivity index (χ3v) is 4.59. The number of ether oxygens (including phenoxy) is 1. The lowest BCUT2D eigenvalue weighted by molar-refractivity contribution is -0.136. The zero-order valence-electron chi connectivity index (χ0n) is 15.0. The molecule has 1 atom stereocenters. The number of carbonyl (C=O) groups excluding carboxylic acids is 4. The van der Waals surface area contributed by atoms with E-state index in [1.165, 1.54) is 19.2 Å². The van der Waals surface area contributed by atoms with Crippen molar-refractivity contribution in [2.24, 2.45) is 5.92 Å². The summed E-state index contributed by atoms with van der Waals surface area (Å²) in [4.78, 5) is 49.1. The fourth-order valence-electron chi connectivity index (χ4n) is 3.29. The molecular formula is C20H18N2O6. The molecule has 8 nitrogen and oxygen atoms in total. The molecule has 0 radical (unpaired) electrons. The standard InChI is InChI=1S/C20H18N2O6/c1-28-16-9-5-3-6-11(16)13(17-18(25)21-20(27)22-19(17)26)10-15(24)12-7-2-4-8-14(12)23/h2-9,13,17,23H,10H2,1H3,(H2,21,22,25,26,27). The Morgan fingerprint density at radius 3 is 2.29 bits per heavy atom. The van der Waals surface area contributed by atoms with Crippen LogP contribution in [0.1, 0.15) is 28.3 Å². The van der Waals surface area contributed by atoms with Crippen molar-refractivity contribution >= 4 is 23.6 Å². The van der Waals surface area contributed by atoms with Gasteiger partial charge >= 0.3 is 6.03 Å². The Labute approximate surface area is 160 Å². The molecule has 0 aromatic heterocycles. The van der Waals surface area contributed by atoms with E-state index in [9.17, 15) is 24.3 Å². The van der Waals surface area contributed by atoms with E-state index in [1.54, 1.807) is 36.4 Å². The van der Waals surface area contributed by atoms with Crippen LogP contribution in [0.25, 0.3) is 0 Å². The molecule has 3 N–H and O–H groups in total. The molecule has 2 aromatic rings. The first-order valence-corrected chi connectivity index (χ1v) is 8.52. The highest BCUT2D eigenvalue weighted by Gasteiger charge is 2.42. The van der Waals surface area contributed by atoms with Crippen molar-refractivity contribution < 1.29 is 29.0 Å². The fourth-order valence-corrected chi connectivity index (χ4v) is 3.29. The van der Waals surface area contributed by atoms with E-state index in [4.69, 9.17) is 4.74 Å². The molecule has 1 unspecified atom stereocenters. The van der Waals surface area contributed by atoms with Crippen LogP contribution in [0.4, 0.5) is 4.79 Å². The molecule has 0 spiro atoms. The van der Waals surface area contributed by atoms with E-state index in [-0.39, 0.29) is 17.7 Å². The van der Waals surface area contributed by atoms with E-state index < -0.39 is 35.5 Å². The average Bonchev–Trinajstić information content (AvgIpc) is 2.66. The molecule has 28 heavy (non-hydrogen) atoms. The van der Waals surface area contributed by atoms with Gasteiger partial charge in [-0.2, -0.15) is 0 Å². The molecule has 2 aromatic carbocycles. The van der Waals surface area contributed by atoms with Crippen LogP contribution in [-0.2, 0) is 9.59 Å². The first-order chi connectivity index (χ1) is 13.4. The molecule has 4 amide bonds. The number of amides is 4. The van der Waals surface area contributed by atoms with Gasteiger partial charge in [-0.25, -0.2) is 4.79 Å². The van der Waals surface area contributed by atoms with Gasteiger partial charge in [0.25, 0.3) is 0 Å². The van der Waals surface area contributed by atoms with Crippen molar-refractivity contribution in [1.82, 2.24) is 10.6 Å². The van der Waals surface area contributed by atoms with E-state index in [0.717, 1.165) is 0 Å². The van der Waals surface area contributed by atoms with Crippen LogP contribution in [0.3, 0.4) is 0 Å². The number of urea groups is 1. The van der Waals surface area contributed by atoms with Crippen molar-refractivity contribution in [3.05, 3.63) is 59.7 Å². The van der Waals surface area contributed by atoms with Gasteiger partial charge in [0, 0.05) is 12.3 Å². The molecular weight excluding hydrogens is 364 g/mol. The molecule has 0 aliphatic carbocycles. The lowest BCUT2D eigenvalue weighted by Gasteiger charge is -2.29. The smallest absolute Gasteiger partial charge is 0.328 e. The summed E-state index contributed by atoms with van der Waals surface area (Å²) in [6.07, 6.45) is -0.252. The van der Waals surface area contributed by atoms with Gasteiger partial charge in [-0.05, 0) is 23.8 Å². The van der Waals surface area contributed by atoms with Gasteiger partial charge in [0.1, 0.15) is 17.4 Å². The molecule has 1 saturated heterocycles. The Kier molecular flexibility index (Phi) is 5.39. The lowest BCUT2D eigenvalue weighted by Crippen LogP contribution is -2.57. The second-order valence-corrected chi connectivity index (χ2v) is 6.28. The normalized spacial score (nSPS) is 15.5. The molecule has 1 aliphatic rings. The van der Waals surface area contributed by atoms with Crippen LogP contribution in [0.2, 0.25) is 0 Å². The maximum atomic E-state index is 12.8. The minimum atomic E-state index is -1.32. The van der Waals surface area contributed by atoms with Crippen molar-refractivity contribution in [3.8, 4) is 11.5 Å². The molecule has 0 bridgehead atoms. The molecule has 0 saturated carbocycles. The van der Waals surface area contributed by atoms with Gasteiger partial charge in [0.15, 0.2) is 5.78 Å². The van der Waals surface area contributed by atoms with Crippen LogP contribution in [0.5, 0.6) is 11.5 Å². The number of para-hydroxylation sites is 2. The molecule has 144 valence electrons. The maximum absolute atomic E-state index is 12.8. The second-order valence-electron chi connectivity index (χ2n) is 6.28. The summed E-state index contributed by atoms with van der Waals surface area (Å²) in [7, 11) is 1.44. The van der Waals surface area contributed by atoms with E-state index in [2.05, 4.69) is 10.6 Å². The summed E-state index contributed by atoms with van der Waals surface area (Å²) >= 11 is 0. The SMILES string of the molecule is COc1ccccc1C(CC(=O)c1ccccc1O)C1C(=O)NC(=O)NC1=O. The largest absolute Gasteiger partial charge is 0.507 e. The van der Waals surface area contributed by atoms with Crippen molar-refractivity contribution in [1.29, 1.82) is 0 Å². The highest BCUT2D eigenvalue weighted by Crippen LogP contribution is 2.37. The summed E-state index contributed by atoms with van der Waals surface area (Å²) in [5, 5.41) is 14.1. The lowest BCUT2D eigenvalue weighted by atomic mass is 9.79. The minimum absolute atomic E-state index is 0.0788. The highest BCUT2D eigenvalue weighted by atomic mass is 16.5. The first kappa shape index (κ1) is 19.1. The summed E-state index contributed by atoms with van der Waals surface area (Å²) < 4.78 is 5.33. The number of rotatable bonds is 6.